The van der Waals surface area contributed by atoms with Crippen molar-refractivity contribution in [3.05, 3.63) is 45.2 Å². The number of pyridine rings is 2. The second-order valence-corrected chi connectivity index (χ2v) is 8.09. The Labute approximate surface area is 181 Å². The van der Waals surface area contributed by atoms with E-state index in [1.165, 1.54) is 6.42 Å². The highest BCUT2D eigenvalue weighted by molar-refractivity contribution is 6.30. The van der Waals surface area contributed by atoms with Gasteiger partial charge in [0.25, 0.3) is 0 Å². The van der Waals surface area contributed by atoms with Gasteiger partial charge in [-0.3, -0.25) is 4.90 Å². The molecule has 2 aliphatic rings. The standard InChI is InChI=1S/C22H23ClN6O/c1-14-15(5-6-20(27-14)30-16-3-2-4-16)12-29-10-7-17-19(13-29)18(11-25)21(23)28-22(17)26-9-8-24/h5-6,16H,2-4,7,9-10,12-13H2,1H3,(H,26,28). The molecule has 2 aromatic heterocycles. The minimum absolute atomic E-state index is 0.144. The van der Waals surface area contributed by atoms with Gasteiger partial charge in [0.15, 0.2) is 0 Å². The predicted octanol–water partition coefficient (Wildman–Crippen LogP) is 3.74. The molecule has 1 N–H and O–H groups in total. The van der Waals surface area contributed by atoms with Gasteiger partial charge in [-0.15, -0.1) is 0 Å². The topological polar surface area (TPSA) is 97.9 Å². The molecule has 8 heteroatoms. The van der Waals surface area contributed by atoms with Crippen LogP contribution in [-0.4, -0.2) is 34.1 Å². The average Bonchev–Trinajstić information content (AvgIpc) is 2.70. The molecule has 0 atom stereocenters. The van der Waals surface area contributed by atoms with Gasteiger partial charge in [-0.25, -0.2) is 9.97 Å². The third-order valence-electron chi connectivity index (χ3n) is 5.78. The van der Waals surface area contributed by atoms with Gasteiger partial charge in [-0.1, -0.05) is 17.7 Å². The number of nitriles is 2. The molecule has 0 saturated heterocycles. The number of nitrogens with zero attached hydrogens (tertiary/aromatic N) is 5. The van der Waals surface area contributed by atoms with Crippen LogP contribution >= 0.6 is 11.6 Å². The zero-order valence-corrected chi connectivity index (χ0v) is 17.7. The summed E-state index contributed by atoms with van der Waals surface area (Å²) in [5.41, 5.74) is 4.38. The molecule has 0 bridgehead atoms. The van der Waals surface area contributed by atoms with Crippen LogP contribution in [0.25, 0.3) is 0 Å². The van der Waals surface area contributed by atoms with Crippen molar-refractivity contribution >= 4 is 17.4 Å². The number of fused-ring (bicyclic) bond motifs is 1. The number of nitrogens with one attached hydrogen (secondary N) is 1. The van der Waals surface area contributed by atoms with Crippen LogP contribution in [0.1, 0.15) is 47.2 Å². The van der Waals surface area contributed by atoms with Gasteiger partial charge in [-0.05, 0) is 43.7 Å². The van der Waals surface area contributed by atoms with Crippen molar-refractivity contribution in [3.63, 3.8) is 0 Å². The Morgan fingerprint density at radius 2 is 2.10 bits per heavy atom. The summed E-state index contributed by atoms with van der Waals surface area (Å²) in [6.07, 6.45) is 4.50. The van der Waals surface area contributed by atoms with Crippen molar-refractivity contribution in [1.29, 1.82) is 10.5 Å². The van der Waals surface area contributed by atoms with Crippen LogP contribution in [0.3, 0.4) is 0 Å². The average molecular weight is 423 g/mol. The normalized spacial score (nSPS) is 16.1. The minimum atomic E-state index is 0.144. The predicted molar refractivity (Wildman–Crippen MR) is 113 cm³/mol. The molecule has 30 heavy (non-hydrogen) atoms. The first-order valence-corrected chi connectivity index (χ1v) is 10.5. The lowest BCUT2D eigenvalue weighted by molar-refractivity contribution is 0.114. The van der Waals surface area contributed by atoms with Gasteiger partial charge >= 0.3 is 0 Å². The summed E-state index contributed by atoms with van der Waals surface area (Å²) in [6.45, 7) is 4.30. The lowest BCUT2D eigenvalue weighted by atomic mass is 9.96. The molecule has 0 spiro atoms. The summed E-state index contributed by atoms with van der Waals surface area (Å²) in [4.78, 5) is 11.2. The maximum Gasteiger partial charge on any atom is 0.213 e. The zero-order chi connectivity index (χ0) is 21.1. The number of rotatable bonds is 6. The van der Waals surface area contributed by atoms with Gasteiger partial charge in [0, 0.05) is 37.0 Å². The van der Waals surface area contributed by atoms with E-state index >= 15 is 0 Å². The maximum atomic E-state index is 9.60. The molecule has 154 valence electrons. The molecule has 1 aliphatic carbocycles. The summed E-state index contributed by atoms with van der Waals surface area (Å²) < 4.78 is 5.90. The molecule has 0 aromatic carbocycles. The third kappa shape index (κ3) is 4.18. The highest BCUT2D eigenvalue weighted by Crippen LogP contribution is 2.32. The van der Waals surface area contributed by atoms with Gasteiger partial charge in [0.2, 0.25) is 5.88 Å². The van der Waals surface area contributed by atoms with Gasteiger partial charge < -0.3 is 10.1 Å². The second kappa shape index (κ2) is 8.87. The van der Waals surface area contributed by atoms with Crippen molar-refractivity contribution in [2.24, 2.45) is 0 Å². The van der Waals surface area contributed by atoms with Crippen LogP contribution in [-0.2, 0) is 19.5 Å². The summed E-state index contributed by atoms with van der Waals surface area (Å²) in [6, 6.07) is 8.28. The fraction of sp³-hybridized carbons (Fsp3) is 0.455. The van der Waals surface area contributed by atoms with Gasteiger partial charge in [-0.2, -0.15) is 10.5 Å². The van der Waals surface area contributed by atoms with E-state index < -0.39 is 0 Å². The number of halogens is 1. The van der Waals surface area contributed by atoms with E-state index in [0.717, 1.165) is 54.7 Å². The van der Waals surface area contributed by atoms with Crippen molar-refractivity contribution in [2.45, 2.75) is 51.8 Å². The van der Waals surface area contributed by atoms with Crippen LogP contribution in [0.5, 0.6) is 5.88 Å². The number of ether oxygens (including phenoxy) is 1. The van der Waals surface area contributed by atoms with Crippen molar-refractivity contribution < 1.29 is 4.74 Å². The highest BCUT2D eigenvalue weighted by Gasteiger charge is 2.26. The number of hydrogen-bond donors (Lipinski definition) is 1. The molecular formula is C22H23ClN6O. The van der Waals surface area contributed by atoms with Crippen LogP contribution in [0, 0.1) is 29.6 Å². The Bertz CT molecular complexity index is 1040. The van der Waals surface area contributed by atoms with Crippen molar-refractivity contribution in [3.8, 4) is 18.0 Å². The molecule has 0 radical (unpaired) electrons. The first kappa shape index (κ1) is 20.4. The van der Waals surface area contributed by atoms with Crippen LogP contribution in [0.4, 0.5) is 5.82 Å². The SMILES string of the molecule is Cc1nc(OC2CCC2)ccc1CN1CCc2c(NCC#N)nc(Cl)c(C#N)c2C1. The summed E-state index contributed by atoms with van der Waals surface area (Å²) in [5, 5.41) is 21.7. The number of hydrogen-bond acceptors (Lipinski definition) is 7. The summed E-state index contributed by atoms with van der Waals surface area (Å²) >= 11 is 6.26. The quantitative estimate of drug-likeness (QED) is 0.559. The molecule has 1 fully saturated rings. The van der Waals surface area contributed by atoms with E-state index in [1.54, 1.807) is 0 Å². The Morgan fingerprint density at radius 1 is 1.27 bits per heavy atom. The third-order valence-corrected chi connectivity index (χ3v) is 6.05. The minimum Gasteiger partial charge on any atom is -0.474 e. The van der Waals surface area contributed by atoms with E-state index in [1.807, 2.05) is 13.0 Å². The number of anilines is 1. The molecule has 0 amide bonds. The molecular weight excluding hydrogens is 400 g/mol. The second-order valence-electron chi connectivity index (χ2n) is 7.73. The van der Waals surface area contributed by atoms with E-state index in [-0.39, 0.29) is 11.7 Å². The first-order chi connectivity index (χ1) is 14.6. The van der Waals surface area contributed by atoms with E-state index in [0.29, 0.717) is 29.9 Å². The Morgan fingerprint density at radius 3 is 2.77 bits per heavy atom. The fourth-order valence-corrected chi connectivity index (χ4v) is 4.11. The van der Waals surface area contributed by atoms with E-state index in [9.17, 15) is 5.26 Å². The molecule has 1 saturated carbocycles. The zero-order valence-electron chi connectivity index (χ0n) is 16.9. The van der Waals surface area contributed by atoms with Crippen LogP contribution < -0.4 is 10.1 Å². The molecule has 0 unspecified atom stereocenters. The monoisotopic (exact) mass is 422 g/mol. The first-order valence-electron chi connectivity index (χ1n) is 10.2. The fourth-order valence-electron chi connectivity index (χ4n) is 3.87. The highest BCUT2D eigenvalue weighted by atomic mass is 35.5. The molecule has 7 nitrogen and oxygen atoms in total. The van der Waals surface area contributed by atoms with Gasteiger partial charge in [0.05, 0.1) is 11.6 Å². The lowest BCUT2D eigenvalue weighted by Gasteiger charge is -2.31. The van der Waals surface area contributed by atoms with Crippen LogP contribution in [0.15, 0.2) is 12.1 Å². The summed E-state index contributed by atoms with van der Waals surface area (Å²) in [7, 11) is 0. The summed E-state index contributed by atoms with van der Waals surface area (Å²) in [5.74, 6) is 1.30. The van der Waals surface area contributed by atoms with Gasteiger partial charge in [0.1, 0.15) is 29.7 Å². The van der Waals surface area contributed by atoms with Crippen molar-refractivity contribution in [1.82, 2.24) is 14.9 Å². The Kier molecular flexibility index (Phi) is 6.03. The maximum absolute atomic E-state index is 9.60. The Balaban J connectivity index is 1.52. The smallest absolute Gasteiger partial charge is 0.213 e. The number of aromatic nitrogens is 2. The Hall–Kier alpha value is -2.87. The molecule has 1 aliphatic heterocycles. The molecule has 3 heterocycles. The van der Waals surface area contributed by atoms with Crippen LogP contribution in [0.2, 0.25) is 5.15 Å². The number of aryl methyl sites for hydroxylation is 1. The largest absolute Gasteiger partial charge is 0.474 e. The van der Waals surface area contributed by atoms with E-state index in [4.69, 9.17) is 21.6 Å². The molecule has 2 aromatic rings. The van der Waals surface area contributed by atoms with Crippen molar-refractivity contribution in [2.75, 3.05) is 18.4 Å². The lowest BCUT2D eigenvalue weighted by Crippen LogP contribution is -2.32. The van der Waals surface area contributed by atoms with E-state index in [2.05, 4.69) is 38.4 Å². The molecule has 4 rings (SSSR count).